The second kappa shape index (κ2) is 13.4. The van der Waals surface area contributed by atoms with Crippen molar-refractivity contribution in [2.24, 2.45) is 5.92 Å². The molecule has 1 aliphatic heterocycles. The Morgan fingerprint density at radius 1 is 0.857 bits per heavy atom. The van der Waals surface area contributed by atoms with Gasteiger partial charge in [-0.3, -0.25) is 9.59 Å². The first-order valence-electron chi connectivity index (χ1n) is 14.3. The Labute approximate surface area is 245 Å². The molecule has 4 amide bonds. The molecule has 0 atom stereocenters. The van der Waals surface area contributed by atoms with Crippen molar-refractivity contribution in [3.05, 3.63) is 83.7 Å². The molecule has 10 heteroatoms. The number of hydrogen-bond donors (Lipinski definition) is 3. The van der Waals surface area contributed by atoms with Crippen LogP contribution in [0.5, 0.6) is 5.75 Å². The van der Waals surface area contributed by atoms with Crippen molar-refractivity contribution < 1.29 is 23.5 Å². The topological polar surface area (TPSA) is 103 Å². The highest BCUT2D eigenvalue weighted by Crippen LogP contribution is 2.29. The molecule has 1 saturated carbocycles. The molecule has 5 rings (SSSR count). The lowest BCUT2D eigenvalue weighted by molar-refractivity contribution is -0.119. The summed E-state index contributed by atoms with van der Waals surface area (Å²) in [6.45, 7) is 2.23. The summed E-state index contributed by atoms with van der Waals surface area (Å²) in [6.07, 6.45) is 3.87. The lowest BCUT2D eigenvalue weighted by atomic mass is 10.1. The van der Waals surface area contributed by atoms with Gasteiger partial charge in [-0.05, 0) is 73.0 Å². The van der Waals surface area contributed by atoms with Crippen molar-refractivity contribution in [1.29, 1.82) is 0 Å². The van der Waals surface area contributed by atoms with Crippen LogP contribution in [-0.2, 0) is 11.3 Å². The summed E-state index contributed by atoms with van der Waals surface area (Å²) in [5.41, 5.74) is 3.17. The minimum absolute atomic E-state index is 0.00225. The monoisotopic (exact) mass is 573 g/mol. The fraction of sp³-hybridized carbons (Fsp3) is 0.344. The zero-order chi connectivity index (χ0) is 29.5. The molecular formula is C32H36FN5O4. The van der Waals surface area contributed by atoms with Gasteiger partial charge in [-0.25, -0.2) is 9.18 Å². The number of benzene rings is 3. The molecule has 1 heterocycles. The Bertz CT molecular complexity index is 1400. The van der Waals surface area contributed by atoms with Crippen molar-refractivity contribution in [2.75, 3.05) is 48.8 Å². The van der Waals surface area contributed by atoms with Crippen molar-refractivity contribution in [1.82, 2.24) is 10.2 Å². The van der Waals surface area contributed by atoms with Crippen LogP contribution >= 0.6 is 0 Å². The van der Waals surface area contributed by atoms with E-state index in [0.717, 1.165) is 36.9 Å². The second-order valence-electron chi connectivity index (χ2n) is 10.6. The number of halogens is 1. The highest BCUT2D eigenvalue weighted by atomic mass is 19.1. The normalized spacial score (nSPS) is 15.3. The summed E-state index contributed by atoms with van der Waals surface area (Å²) in [6, 6.07) is 18.3. The van der Waals surface area contributed by atoms with E-state index in [2.05, 4.69) is 20.9 Å². The zero-order valence-corrected chi connectivity index (χ0v) is 23.7. The number of anilines is 3. The molecule has 1 aliphatic carbocycles. The molecule has 0 spiro atoms. The molecule has 220 valence electrons. The Morgan fingerprint density at radius 3 is 2.19 bits per heavy atom. The fourth-order valence-electron chi connectivity index (χ4n) is 5.41. The van der Waals surface area contributed by atoms with E-state index in [4.69, 9.17) is 4.74 Å². The van der Waals surface area contributed by atoms with Gasteiger partial charge in [-0.2, -0.15) is 0 Å². The summed E-state index contributed by atoms with van der Waals surface area (Å²) in [5.74, 6) is 0.0519. The predicted octanol–water partition coefficient (Wildman–Crippen LogP) is 5.25. The fourth-order valence-corrected chi connectivity index (χ4v) is 5.41. The average molecular weight is 574 g/mol. The van der Waals surface area contributed by atoms with Crippen LogP contribution < -0.4 is 25.6 Å². The highest BCUT2D eigenvalue weighted by molar-refractivity contribution is 6.02. The first kappa shape index (κ1) is 28.9. The molecule has 42 heavy (non-hydrogen) atoms. The van der Waals surface area contributed by atoms with Gasteiger partial charge in [-0.15, -0.1) is 0 Å². The Morgan fingerprint density at radius 2 is 1.52 bits per heavy atom. The number of carbonyl (C=O) groups is 3. The van der Waals surface area contributed by atoms with E-state index < -0.39 is 0 Å². The molecule has 0 bridgehead atoms. The quantitative estimate of drug-likeness (QED) is 0.342. The van der Waals surface area contributed by atoms with Gasteiger partial charge in [0.05, 0.1) is 12.7 Å². The van der Waals surface area contributed by atoms with E-state index in [9.17, 15) is 18.8 Å². The second-order valence-corrected chi connectivity index (χ2v) is 10.6. The van der Waals surface area contributed by atoms with E-state index in [1.165, 1.54) is 12.1 Å². The maximum absolute atomic E-state index is 13.5. The molecule has 2 fully saturated rings. The van der Waals surface area contributed by atoms with Gasteiger partial charge in [0, 0.05) is 55.7 Å². The number of nitrogens with zero attached hydrogens (tertiary/aromatic N) is 2. The molecule has 9 nitrogen and oxygen atoms in total. The van der Waals surface area contributed by atoms with Crippen molar-refractivity contribution in [3.63, 3.8) is 0 Å². The third-order valence-corrected chi connectivity index (χ3v) is 7.85. The minimum atomic E-state index is -0.338. The number of carbonyl (C=O) groups excluding carboxylic acids is 3. The largest absolute Gasteiger partial charge is 0.497 e. The number of ether oxygens (including phenoxy) is 1. The summed E-state index contributed by atoms with van der Waals surface area (Å²) < 4.78 is 18.5. The predicted molar refractivity (Wildman–Crippen MR) is 160 cm³/mol. The van der Waals surface area contributed by atoms with E-state index in [-0.39, 0.29) is 36.1 Å². The van der Waals surface area contributed by atoms with Gasteiger partial charge in [0.25, 0.3) is 5.91 Å². The smallest absolute Gasteiger partial charge is 0.321 e. The Balaban J connectivity index is 1.27. The molecule has 0 aromatic heterocycles. The van der Waals surface area contributed by atoms with E-state index in [1.807, 2.05) is 12.1 Å². The maximum atomic E-state index is 13.5. The van der Waals surface area contributed by atoms with Gasteiger partial charge in [0.15, 0.2) is 0 Å². The molecule has 3 N–H and O–H groups in total. The van der Waals surface area contributed by atoms with E-state index >= 15 is 0 Å². The van der Waals surface area contributed by atoms with Crippen LogP contribution in [0.1, 0.15) is 41.6 Å². The van der Waals surface area contributed by atoms with Gasteiger partial charge >= 0.3 is 6.03 Å². The molecule has 1 saturated heterocycles. The molecule has 2 aliphatic rings. The molecule has 0 radical (unpaired) electrons. The summed E-state index contributed by atoms with van der Waals surface area (Å²) >= 11 is 0. The minimum Gasteiger partial charge on any atom is -0.497 e. The number of hydrogen-bond acceptors (Lipinski definition) is 5. The summed E-state index contributed by atoms with van der Waals surface area (Å²) in [4.78, 5) is 42.9. The van der Waals surface area contributed by atoms with Crippen LogP contribution in [0.4, 0.5) is 26.2 Å². The molecule has 3 aromatic carbocycles. The van der Waals surface area contributed by atoms with Crippen LogP contribution in [0.25, 0.3) is 0 Å². The lowest BCUT2D eigenvalue weighted by Gasteiger charge is -2.37. The summed E-state index contributed by atoms with van der Waals surface area (Å²) in [5, 5.41) is 8.84. The van der Waals surface area contributed by atoms with Gasteiger partial charge in [-0.1, -0.05) is 25.0 Å². The van der Waals surface area contributed by atoms with Crippen LogP contribution in [0, 0.1) is 11.7 Å². The third kappa shape index (κ3) is 7.18. The van der Waals surface area contributed by atoms with Crippen LogP contribution in [0.3, 0.4) is 0 Å². The number of nitrogens with one attached hydrogen (secondary N) is 3. The number of piperazine rings is 1. The SMILES string of the molecule is COc1ccc(NC(=O)N2CCN(c3ccc(NC(=O)C4CCCC4)cc3C(=O)NCc3ccc(F)cc3)CC2)cc1. The van der Waals surface area contributed by atoms with Gasteiger partial charge in [0.1, 0.15) is 11.6 Å². The Kier molecular flexibility index (Phi) is 9.21. The molecule has 0 unspecified atom stereocenters. The molecular weight excluding hydrogens is 537 g/mol. The van der Waals surface area contributed by atoms with Crippen molar-refractivity contribution >= 4 is 34.9 Å². The van der Waals surface area contributed by atoms with Crippen LogP contribution in [0.2, 0.25) is 0 Å². The number of methoxy groups -OCH3 is 1. The first-order chi connectivity index (χ1) is 20.4. The first-order valence-corrected chi connectivity index (χ1v) is 14.3. The number of rotatable bonds is 8. The van der Waals surface area contributed by atoms with Crippen LogP contribution in [-0.4, -0.2) is 56.0 Å². The summed E-state index contributed by atoms with van der Waals surface area (Å²) in [7, 11) is 1.59. The standard InChI is InChI=1S/C32H36FN5O4/c1-42-27-13-10-25(11-14-27)36-32(41)38-18-16-37(17-19-38)29-15-12-26(35-30(39)23-4-2-3-5-23)20-28(29)31(40)34-21-22-6-8-24(33)9-7-22/h6-15,20,23H,2-5,16-19,21H2,1H3,(H,34,40)(H,35,39)(H,36,41). The Hall–Kier alpha value is -4.60. The van der Waals surface area contributed by atoms with Gasteiger partial charge in [0.2, 0.25) is 5.91 Å². The van der Waals surface area contributed by atoms with E-state index in [0.29, 0.717) is 48.9 Å². The van der Waals surface area contributed by atoms with E-state index in [1.54, 1.807) is 54.5 Å². The van der Waals surface area contributed by atoms with Gasteiger partial charge < -0.3 is 30.5 Å². The maximum Gasteiger partial charge on any atom is 0.321 e. The third-order valence-electron chi connectivity index (χ3n) is 7.85. The number of urea groups is 1. The molecule has 3 aromatic rings. The highest BCUT2D eigenvalue weighted by Gasteiger charge is 2.26. The average Bonchev–Trinajstić information content (AvgIpc) is 3.57. The van der Waals surface area contributed by atoms with Crippen LogP contribution in [0.15, 0.2) is 66.7 Å². The zero-order valence-electron chi connectivity index (χ0n) is 23.7. The van der Waals surface area contributed by atoms with Crippen molar-refractivity contribution in [3.8, 4) is 5.75 Å². The number of amides is 4. The van der Waals surface area contributed by atoms with Crippen molar-refractivity contribution in [2.45, 2.75) is 32.2 Å². The lowest BCUT2D eigenvalue weighted by Crippen LogP contribution is -2.50.